The topological polar surface area (TPSA) is 72.5 Å². The van der Waals surface area contributed by atoms with Crippen LogP contribution in [0.15, 0.2) is 0 Å². The van der Waals surface area contributed by atoms with Gasteiger partial charge in [-0.3, -0.25) is 4.79 Å². The van der Waals surface area contributed by atoms with Crippen molar-refractivity contribution in [2.24, 2.45) is 5.92 Å². The molecule has 0 heterocycles. The molecule has 0 spiro atoms. The highest BCUT2D eigenvalue weighted by molar-refractivity contribution is 7.90. The second kappa shape index (κ2) is 5.57. The number of methoxy groups -OCH3 is 1. The fourth-order valence-corrected chi connectivity index (χ4v) is 3.04. The van der Waals surface area contributed by atoms with Gasteiger partial charge >= 0.3 is 5.97 Å². The first-order valence-corrected chi connectivity index (χ1v) is 7.75. The fourth-order valence-electron chi connectivity index (χ4n) is 2.01. The summed E-state index contributed by atoms with van der Waals surface area (Å²) in [5, 5.41) is 0. The van der Waals surface area contributed by atoms with E-state index in [4.69, 9.17) is 4.74 Å². The molecule has 5 nitrogen and oxygen atoms in total. The smallest absolute Gasteiger partial charge is 0.308 e. The molecule has 0 aromatic heterocycles. The van der Waals surface area contributed by atoms with Gasteiger partial charge < -0.3 is 4.74 Å². The second-order valence-electron chi connectivity index (χ2n) is 5.81. The minimum Gasteiger partial charge on any atom is -0.469 e. The fraction of sp³-hybridized carbons (Fsp3) is 0.917. The molecule has 1 fully saturated rings. The molecule has 6 heteroatoms. The molecule has 1 aliphatic carbocycles. The Hall–Kier alpha value is -0.620. The largest absolute Gasteiger partial charge is 0.469 e. The van der Waals surface area contributed by atoms with Crippen LogP contribution in [0.5, 0.6) is 0 Å². The van der Waals surface area contributed by atoms with Crippen molar-refractivity contribution in [1.82, 2.24) is 4.72 Å². The summed E-state index contributed by atoms with van der Waals surface area (Å²) in [6, 6.07) is -0.0601. The Balaban J connectivity index is 2.53. The van der Waals surface area contributed by atoms with Gasteiger partial charge in [-0.15, -0.1) is 0 Å². The van der Waals surface area contributed by atoms with E-state index >= 15 is 0 Å². The Labute approximate surface area is 109 Å². The molecule has 1 aliphatic rings. The molecule has 0 aromatic carbocycles. The maximum Gasteiger partial charge on any atom is 0.308 e. The predicted molar refractivity (Wildman–Crippen MR) is 69.6 cm³/mol. The lowest BCUT2D eigenvalue weighted by atomic mass is 9.86. The molecular weight excluding hydrogens is 254 g/mol. The van der Waals surface area contributed by atoms with E-state index < -0.39 is 14.8 Å². The average molecular weight is 277 g/mol. The Morgan fingerprint density at radius 1 is 1.17 bits per heavy atom. The SMILES string of the molecule is COC(=O)[C@H]1CC[C@@H](NS(=O)(=O)C(C)(C)C)CC1. The van der Waals surface area contributed by atoms with Crippen LogP contribution in [0.2, 0.25) is 0 Å². The number of sulfonamides is 1. The van der Waals surface area contributed by atoms with Crippen molar-refractivity contribution in [3.8, 4) is 0 Å². The number of hydrogen-bond acceptors (Lipinski definition) is 4. The van der Waals surface area contributed by atoms with Crippen LogP contribution in [0.1, 0.15) is 46.5 Å². The summed E-state index contributed by atoms with van der Waals surface area (Å²) < 4.78 is 30.6. The van der Waals surface area contributed by atoms with Gasteiger partial charge in [0.15, 0.2) is 0 Å². The molecule has 1 N–H and O–H groups in total. The normalized spacial score (nSPS) is 25.8. The van der Waals surface area contributed by atoms with Crippen LogP contribution in [-0.4, -0.2) is 32.3 Å². The third-order valence-corrected chi connectivity index (χ3v) is 5.65. The number of carbonyl (C=O) groups is 1. The number of ether oxygens (including phenoxy) is 1. The highest BCUT2D eigenvalue weighted by Crippen LogP contribution is 2.26. The Morgan fingerprint density at radius 3 is 2.06 bits per heavy atom. The van der Waals surface area contributed by atoms with Crippen LogP contribution in [0.25, 0.3) is 0 Å². The third-order valence-electron chi connectivity index (χ3n) is 3.39. The average Bonchev–Trinajstić information content (AvgIpc) is 2.27. The van der Waals surface area contributed by atoms with E-state index in [1.807, 2.05) is 0 Å². The Bertz CT molecular complexity index is 389. The molecule has 0 saturated heterocycles. The van der Waals surface area contributed by atoms with Crippen LogP contribution in [0.3, 0.4) is 0 Å². The van der Waals surface area contributed by atoms with E-state index in [2.05, 4.69) is 4.72 Å². The van der Waals surface area contributed by atoms with Gasteiger partial charge in [0.2, 0.25) is 10.0 Å². The lowest BCUT2D eigenvalue weighted by Crippen LogP contribution is -2.46. The van der Waals surface area contributed by atoms with E-state index in [1.165, 1.54) is 7.11 Å². The highest BCUT2D eigenvalue weighted by atomic mass is 32.2. The van der Waals surface area contributed by atoms with E-state index in [0.717, 1.165) is 0 Å². The predicted octanol–water partition coefficient (Wildman–Crippen LogP) is 1.44. The molecule has 0 aromatic rings. The van der Waals surface area contributed by atoms with Crippen molar-refractivity contribution in [3.63, 3.8) is 0 Å². The van der Waals surface area contributed by atoms with E-state index in [9.17, 15) is 13.2 Å². The maximum atomic E-state index is 12.0. The van der Waals surface area contributed by atoms with Crippen LogP contribution in [-0.2, 0) is 19.6 Å². The molecule has 1 saturated carbocycles. The zero-order valence-corrected chi connectivity index (χ0v) is 12.3. The minimum atomic E-state index is -3.31. The van der Waals surface area contributed by atoms with Gasteiger partial charge in [-0.25, -0.2) is 13.1 Å². The van der Waals surface area contributed by atoms with Crippen molar-refractivity contribution in [2.75, 3.05) is 7.11 Å². The van der Waals surface area contributed by atoms with Gasteiger partial charge in [-0.1, -0.05) is 0 Å². The van der Waals surface area contributed by atoms with Gasteiger partial charge in [0.1, 0.15) is 0 Å². The first-order valence-electron chi connectivity index (χ1n) is 6.27. The van der Waals surface area contributed by atoms with Crippen LogP contribution in [0, 0.1) is 5.92 Å². The zero-order chi connectivity index (χ0) is 14.0. The van der Waals surface area contributed by atoms with E-state index in [1.54, 1.807) is 20.8 Å². The molecule has 106 valence electrons. The summed E-state index contributed by atoms with van der Waals surface area (Å²) in [4.78, 5) is 11.4. The molecule has 0 unspecified atom stereocenters. The lowest BCUT2D eigenvalue weighted by molar-refractivity contribution is -0.146. The number of esters is 1. The molecule has 0 atom stereocenters. The van der Waals surface area contributed by atoms with Gasteiger partial charge in [0, 0.05) is 6.04 Å². The molecule has 0 aliphatic heterocycles. The molecule has 0 amide bonds. The molecule has 1 rings (SSSR count). The Morgan fingerprint density at radius 2 is 1.67 bits per heavy atom. The first-order chi connectivity index (χ1) is 8.17. The Kier molecular flexibility index (Phi) is 4.78. The second-order valence-corrected chi connectivity index (χ2v) is 8.27. The monoisotopic (exact) mass is 277 g/mol. The maximum absolute atomic E-state index is 12.0. The van der Waals surface area contributed by atoms with Gasteiger partial charge in [0.25, 0.3) is 0 Å². The number of rotatable bonds is 3. The summed E-state index contributed by atoms with van der Waals surface area (Å²) >= 11 is 0. The van der Waals surface area contributed by atoms with Crippen molar-refractivity contribution < 1.29 is 17.9 Å². The van der Waals surface area contributed by atoms with Crippen LogP contribution in [0.4, 0.5) is 0 Å². The summed E-state index contributed by atoms with van der Waals surface area (Å²) in [5.74, 6) is -0.266. The van der Waals surface area contributed by atoms with Gasteiger partial charge in [0.05, 0.1) is 17.8 Å². The number of carbonyl (C=O) groups excluding carboxylic acids is 1. The van der Waals surface area contributed by atoms with Crippen molar-refractivity contribution in [2.45, 2.75) is 57.2 Å². The third kappa shape index (κ3) is 3.68. The van der Waals surface area contributed by atoms with Gasteiger partial charge in [-0.05, 0) is 46.5 Å². The highest BCUT2D eigenvalue weighted by Gasteiger charge is 2.34. The van der Waals surface area contributed by atoms with Crippen LogP contribution >= 0.6 is 0 Å². The quantitative estimate of drug-likeness (QED) is 0.792. The van der Waals surface area contributed by atoms with Gasteiger partial charge in [-0.2, -0.15) is 0 Å². The van der Waals surface area contributed by atoms with Crippen molar-refractivity contribution in [3.05, 3.63) is 0 Å². The van der Waals surface area contributed by atoms with E-state index in [-0.39, 0.29) is 17.9 Å². The molecular formula is C12H23NO4S. The molecule has 18 heavy (non-hydrogen) atoms. The standard InChI is InChI=1S/C12H23NO4S/c1-12(2,3)18(15,16)13-10-7-5-9(6-8-10)11(14)17-4/h9-10,13H,5-8H2,1-4H3/t9-,10+. The summed E-state index contributed by atoms with van der Waals surface area (Å²) in [6.45, 7) is 5.03. The first kappa shape index (κ1) is 15.4. The lowest BCUT2D eigenvalue weighted by Gasteiger charge is -2.30. The zero-order valence-electron chi connectivity index (χ0n) is 11.5. The van der Waals surface area contributed by atoms with Crippen molar-refractivity contribution >= 4 is 16.0 Å². The van der Waals surface area contributed by atoms with Crippen molar-refractivity contribution in [1.29, 1.82) is 0 Å². The van der Waals surface area contributed by atoms with Crippen LogP contribution < -0.4 is 4.72 Å². The molecule has 0 radical (unpaired) electrons. The summed E-state index contributed by atoms with van der Waals surface area (Å²) in [6.07, 6.45) is 2.75. The number of nitrogens with one attached hydrogen (secondary N) is 1. The number of hydrogen-bond donors (Lipinski definition) is 1. The minimum absolute atomic E-state index is 0.0601. The summed E-state index contributed by atoms with van der Waals surface area (Å²) in [5.41, 5.74) is 0. The van der Waals surface area contributed by atoms with E-state index in [0.29, 0.717) is 25.7 Å². The molecule has 0 bridgehead atoms. The summed E-state index contributed by atoms with van der Waals surface area (Å²) in [7, 11) is -1.92.